The molecule has 0 aromatic heterocycles. The summed E-state index contributed by atoms with van der Waals surface area (Å²) < 4.78 is 17.0. The van der Waals surface area contributed by atoms with Crippen LogP contribution in [-0.4, -0.2) is 63.2 Å². The van der Waals surface area contributed by atoms with E-state index in [4.69, 9.17) is 14.2 Å². The number of para-hydroxylation sites is 1. The third kappa shape index (κ3) is 2.70. The van der Waals surface area contributed by atoms with Crippen LogP contribution in [0.2, 0.25) is 0 Å². The number of nitrogens with zero attached hydrogens (tertiary/aromatic N) is 1. The second kappa shape index (κ2) is 6.39. The van der Waals surface area contributed by atoms with Crippen LogP contribution in [0, 0.1) is 11.3 Å². The number of likely N-dealkylation sites (tertiary alicyclic amines) is 1. The van der Waals surface area contributed by atoms with Crippen molar-refractivity contribution in [3.05, 3.63) is 29.3 Å². The average molecular weight is 331 g/mol. The Kier molecular flexibility index (Phi) is 4.24. The van der Waals surface area contributed by atoms with E-state index in [0.29, 0.717) is 19.1 Å². The molecule has 1 N–H and O–H groups in total. The summed E-state index contributed by atoms with van der Waals surface area (Å²) in [6.07, 6.45) is 3.26. The molecule has 0 bridgehead atoms. The van der Waals surface area contributed by atoms with E-state index in [2.05, 4.69) is 17.0 Å². The van der Waals surface area contributed by atoms with Crippen LogP contribution in [0.3, 0.4) is 0 Å². The Balaban J connectivity index is 1.49. The Morgan fingerprint density at radius 3 is 3.12 bits per heavy atom. The van der Waals surface area contributed by atoms with Gasteiger partial charge in [0.2, 0.25) is 0 Å². The predicted octanol–water partition coefficient (Wildman–Crippen LogP) is 1.80. The van der Waals surface area contributed by atoms with Gasteiger partial charge in [-0.15, -0.1) is 0 Å². The van der Waals surface area contributed by atoms with Crippen molar-refractivity contribution in [3.63, 3.8) is 0 Å². The minimum absolute atomic E-state index is 0.0739. The van der Waals surface area contributed by atoms with Crippen molar-refractivity contribution in [3.8, 4) is 11.5 Å². The lowest BCUT2D eigenvalue weighted by atomic mass is 9.76. The third-order valence-electron chi connectivity index (χ3n) is 5.62. The zero-order valence-corrected chi connectivity index (χ0v) is 14.2. The highest BCUT2D eigenvalue weighted by Gasteiger charge is 2.48. The molecule has 24 heavy (non-hydrogen) atoms. The Labute approximate surface area is 142 Å². The van der Waals surface area contributed by atoms with E-state index < -0.39 is 0 Å². The third-order valence-corrected chi connectivity index (χ3v) is 5.62. The highest BCUT2D eigenvalue weighted by Crippen LogP contribution is 2.42. The molecule has 0 amide bonds. The predicted molar refractivity (Wildman–Crippen MR) is 91.4 cm³/mol. The van der Waals surface area contributed by atoms with Gasteiger partial charge in [0.05, 0.1) is 20.3 Å². The number of hydrogen-bond acceptors (Lipinski definition) is 5. The Bertz CT molecular complexity index is 644. The smallest absolute Gasteiger partial charge is 0.168 e. The van der Waals surface area contributed by atoms with E-state index in [1.807, 2.05) is 12.1 Å². The molecule has 2 atom stereocenters. The van der Waals surface area contributed by atoms with Crippen LogP contribution in [0.1, 0.15) is 12.0 Å². The topological polar surface area (TPSA) is 51.2 Å². The molecule has 0 aliphatic carbocycles. The molecule has 3 aliphatic rings. The molecule has 3 aliphatic heterocycles. The molecule has 5 heteroatoms. The second-order valence-corrected chi connectivity index (χ2v) is 7.20. The zero-order valence-electron chi connectivity index (χ0n) is 14.2. The first-order chi connectivity index (χ1) is 11.7. The summed E-state index contributed by atoms with van der Waals surface area (Å²) in [6.45, 7) is 5.12. The number of hydrogen-bond donors (Lipinski definition) is 1. The standard InChI is InChI=1S/C19H25NO4/c1-22-17-4-2-3-15-7-14(10-24-18(15)17)8-20-9-16-5-6-23-13-19(16,11-20)12-21/h2-4,7,16,21H,5-6,8-13H2,1H3/t16-,19+/m0/s1. The molecule has 5 nitrogen and oxygen atoms in total. The summed E-state index contributed by atoms with van der Waals surface area (Å²) in [5.41, 5.74) is 2.27. The highest BCUT2D eigenvalue weighted by atomic mass is 16.5. The van der Waals surface area contributed by atoms with Crippen molar-refractivity contribution in [1.29, 1.82) is 0 Å². The van der Waals surface area contributed by atoms with Crippen LogP contribution in [0.15, 0.2) is 23.8 Å². The van der Waals surface area contributed by atoms with E-state index in [1.165, 1.54) is 5.57 Å². The molecule has 0 saturated carbocycles. The van der Waals surface area contributed by atoms with Gasteiger partial charge in [-0.25, -0.2) is 0 Å². The maximum absolute atomic E-state index is 9.90. The molecule has 4 rings (SSSR count). The van der Waals surface area contributed by atoms with Gasteiger partial charge in [0, 0.05) is 37.2 Å². The van der Waals surface area contributed by atoms with E-state index >= 15 is 0 Å². The fourth-order valence-electron chi connectivity index (χ4n) is 4.32. The highest BCUT2D eigenvalue weighted by molar-refractivity contribution is 5.66. The SMILES string of the molecule is COc1cccc2c1OCC(CN1C[C@@H]3CCOC[C@]3(CO)C1)=C2. The lowest BCUT2D eigenvalue weighted by Gasteiger charge is -2.36. The molecule has 2 saturated heterocycles. The number of aliphatic hydroxyl groups is 1. The van der Waals surface area contributed by atoms with Gasteiger partial charge < -0.3 is 19.3 Å². The number of aliphatic hydroxyl groups excluding tert-OH is 1. The minimum Gasteiger partial charge on any atom is -0.493 e. The lowest BCUT2D eigenvalue weighted by molar-refractivity contribution is -0.0559. The molecule has 3 heterocycles. The fraction of sp³-hybridized carbons (Fsp3) is 0.579. The van der Waals surface area contributed by atoms with Crippen molar-refractivity contribution >= 4 is 6.08 Å². The number of methoxy groups -OCH3 is 1. The van der Waals surface area contributed by atoms with Crippen LogP contribution in [-0.2, 0) is 4.74 Å². The van der Waals surface area contributed by atoms with Gasteiger partial charge in [0.15, 0.2) is 11.5 Å². The van der Waals surface area contributed by atoms with E-state index in [0.717, 1.165) is 49.7 Å². The maximum atomic E-state index is 9.90. The summed E-state index contributed by atoms with van der Waals surface area (Å²) in [7, 11) is 1.67. The summed E-state index contributed by atoms with van der Waals surface area (Å²) in [6, 6.07) is 5.97. The molecular formula is C19H25NO4. The van der Waals surface area contributed by atoms with E-state index in [1.54, 1.807) is 7.11 Å². The number of benzene rings is 1. The van der Waals surface area contributed by atoms with Gasteiger partial charge in [-0.3, -0.25) is 4.90 Å². The van der Waals surface area contributed by atoms with E-state index in [-0.39, 0.29) is 12.0 Å². The van der Waals surface area contributed by atoms with Gasteiger partial charge in [0.1, 0.15) is 6.61 Å². The average Bonchev–Trinajstić information content (AvgIpc) is 2.99. The summed E-state index contributed by atoms with van der Waals surface area (Å²) in [5, 5.41) is 9.90. The molecule has 0 radical (unpaired) electrons. The number of ether oxygens (including phenoxy) is 3. The van der Waals surface area contributed by atoms with Crippen LogP contribution >= 0.6 is 0 Å². The molecule has 1 aromatic rings. The van der Waals surface area contributed by atoms with Crippen molar-refractivity contribution in [2.75, 3.05) is 53.2 Å². The number of fused-ring (bicyclic) bond motifs is 2. The second-order valence-electron chi connectivity index (χ2n) is 7.20. The Morgan fingerprint density at radius 1 is 1.42 bits per heavy atom. The molecular weight excluding hydrogens is 306 g/mol. The van der Waals surface area contributed by atoms with Gasteiger partial charge in [-0.05, 0) is 30.1 Å². The first kappa shape index (κ1) is 15.9. The fourth-order valence-corrected chi connectivity index (χ4v) is 4.32. The van der Waals surface area contributed by atoms with Gasteiger partial charge >= 0.3 is 0 Å². The molecule has 1 aromatic carbocycles. The maximum Gasteiger partial charge on any atom is 0.168 e. The normalized spacial score (nSPS) is 29.4. The Hall–Kier alpha value is -1.56. The first-order valence-corrected chi connectivity index (χ1v) is 8.64. The first-order valence-electron chi connectivity index (χ1n) is 8.64. The quantitative estimate of drug-likeness (QED) is 0.912. The van der Waals surface area contributed by atoms with E-state index in [9.17, 15) is 5.11 Å². The van der Waals surface area contributed by atoms with Crippen LogP contribution in [0.25, 0.3) is 6.08 Å². The summed E-state index contributed by atoms with van der Waals surface area (Å²) >= 11 is 0. The van der Waals surface area contributed by atoms with Crippen molar-refractivity contribution < 1.29 is 19.3 Å². The molecule has 2 fully saturated rings. The van der Waals surface area contributed by atoms with Crippen molar-refractivity contribution in [2.24, 2.45) is 11.3 Å². The summed E-state index contributed by atoms with van der Waals surface area (Å²) in [5.74, 6) is 2.15. The molecule has 130 valence electrons. The van der Waals surface area contributed by atoms with Gasteiger partial charge in [-0.2, -0.15) is 0 Å². The molecule has 0 unspecified atom stereocenters. The van der Waals surface area contributed by atoms with Crippen LogP contribution in [0.4, 0.5) is 0 Å². The largest absolute Gasteiger partial charge is 0.493 e. The van der Waals surface area contributed by atoms with Crippen LogP contribution < -0.4 is 9.47 Å². The monoisotopic (exact) mass is 331 g/mol. The van der Waals surface area contributed by atoms with Gasteiger partial charge in [0.25, 0.3) is 0 Å². The number of rotatable bonds is 4. The lowest BCUT2D eigenvalue weighted by Crippen LogP contribution is -2.43. The van der Waals surface area contributed by atoms with Crippen LogP contribution in [0.5, 0.6) is 11.5 Å². The Morgan fingerprint density at radius 2 is 2.33 bits per heavy atom. The minimum atomic E-state index is -0.0739. The van der Waals surface area contributed by atoms with Gasteiger partial charge in [-0.1, -0.05) is 12.1 Å². The van der Waals surface area contributed by atoms with Crippen molar-refractivity contribution in [1.82, 2.24) is 4.90 Å². The molecule has 0 spiro atoms. The summed E-state index contributed by atoms with van der Waals surface area (Å²) in [4.78, 5) is 2.44. The van der Waals surface area contributed by atoms with Crippen molar-refractivity contribution in [2.45, 2.75) is 6.42 Å². The zero-order chi connectivity index (χ0) is 16.6.